The van der Waals surface area contributed by atoms with Gasteiger partial charge in [-0.3, -0.25) is 9.89 Å². The topological polar surface area (TPSA) is 74.2 Å². The normalized spacial score (nSPS) is 17.0. The average molecular weight is 308 g/mol. The van der Waals surface area contributed by atoms with Crippen LogP contribution in [-0.2, 0) is 0 Å². The van der Waals surface area contributed by atoms with Crippen LogP contribution in [0.4, 0.5) is 5.69 Å². The van der Waals surface area contributed by atoms with Crippen LogP contribution in [0, 0.1) is 6.92 Å². The molecule has 116 valence electrons. The maximum absolute atomic E-state index is 12.6. The molecule has 1 aliphatic rings. The van der Waals surface area contributed by atoms with Gasteiger partial charge in [0.25, 0.3) is 5.91 Å². The Morgan fingerprint density at radius 3 is 2.83 bits per heavy atom. The quantitative estimate of drug-likeness (QED) is 0.762. The standard InChI is InChI=1S/C17H16N4O2/c1-10-7-8-14(23-10)15-12(9-18-20-15)16-19-13-6-4-3-5-11(13)17(22)21(16)2/h3-9,16,19H,1-2H3,(H,18,20). The number of carbonyl (C=O) groups is 1. The number of aryl methyl sites for hydroxylation is 1. The number of furan rings is 1. The first-order valence-electron chi connectivity index (χ1n) is 7.38. The van der Waals surface area contributed by atoms with Gasteiger partial charge in [0.1, 0.15) is 17.6 Å². The van der Waals surface area contributed by atoms with Crippen molar-refractivity contribution in [3.8, 4) is 11.5 Å². The summed E-state index contributed by atoms with van der Waals surface area (Å²) in [5.41, 5.74) is 3.13. The number of hydrogen-bond donors (Lipinski definition) is 2. The zero-order valence-electron chi connectivity index (χ0n) is 12.8. The summed E-state index contributed by atoms with van der Waals surface area (Å²) in [7, 11) is 1.78. The molecule has 0 bridgehead atoms. The second kappa shape index (κ2) is 5.01. The Hall–Kier alpha value is -3.02. The minimum absolute atomic E-state index is 0.0212. The Labute approximate surface area is 133 Å². The molecule has 23 heavy (non-hydrogen) atoms. The predicted molar refractivity (Wildman–Crippen MR) is 85.9 cm³/mol. The Balaban J connectivity index is 1.78. The Morgan fingerprint density at radius 2 is 2.04 bits per heavy atom. The lowest BCUT2D eigenvalue weighted by Crippen LogP contribution is -2.40. The lowest BCUT2D eigenvalue weighted by molar-refractivity contribution is 0.0736. The van der Waals surface area contributed by atoms with Crippen molar-refractivity contribution in [2.75, 3.05) is 12.4 Å². The Kier molecular flexibility index (Phi) is 2.97. The maximum Gasteiger partial charge on any atom is 0.257 e. The van der Waals surface area contributed by atoms with E-state index in [9.17, 15) is 4.79 Å². The molecular formula is C17H16N4O2. The summed E-state index contributed by atoms with van der Waals surface area (Å²) in [4.78, 5) is 14.3. The summed E-state index contributed by atoms with van der Waals surface area (Å²) in [6.07, 6.45) is 1.42. The van der Waals surface area contributed by atoms with Crippen LogP contribution in [0.15, 0.2) is 47.0 Å². The summed E-state index contributed by atoms with van der Waals surface area (Å²) in [6, 6.07) is 11.3. The zero-order valence-corrected chi connectivity index (χ0v) is 12.8. The van der Waals surface area contributed by atoms with E-state index in [4.69, 9.17) is 4.42 Å². The molecule has 1 aromatic carbocycles. The van der Waals surface area contributed by atoms with Gasteiger partial charge in [-0.2, -0.15) is 5.10 Å². The first kappa shape index (κ1) is 13.6. The third-order valence-electron chi connectivity index (χ3n) is 4.11. The van der Waals surface area contributed by atoms with Crippen molar-refractivity contribution in [3.05, 3.63) is 59.5 Å². The van der Waals surface area contributed by atoms with Crippen LogP contribution in [0.1, 0.15) is 27.8 Å². The third-order valence-corrected chi connectivity index (χ3v) is 4.11. The molecule has 0 fully saturated rings. The molecule has 1 unspecified atom stereocenters. The van der Waals surface area contributed by atoms with Gasteiger partial charge < -0.3 is 14.6 Å². The number of nitrogens with zero attached hydrogens (tertiary/aromatic N) is 2. The Bertz CT molecular complexity index is 880. The van der Waals surface area contributed by atoms with Crippen LogP contribution in [0.2, 0.25) is 0 Å². The molecule has 0 spiro atoms. The SMILES string of the molecule is Cc1ccc(-c2[nH]ncc2C2Nc3ccccc3C(=O)N2C)o1. The highest BCUT2D eigenvalue weighted by atomic mass is 16.3. The molecule has 4 rings (SSSR count). The Morgan fingerprint density at radius 1 is 1.22 bits per heavy atom. The molecule has 0 saturated heterocycles. The summed E-state index contributed by atoms with van der Waals surface area (Å²) in [5.74, 6) is 1.51. The van der Waals surface area contributed by atoms with Crippen molar-refractivity contribution in [1.82, 2.24) is 15.1 Å². The molecular weight excluding hydrogens is 292 g/mol. The van der Waals surface area contributed by atoms with Crippen LogP contribution >= 0.6 is 0 Å². The van der Waals surface area contributed by atoms with Gasteiger partial charge in [-0.1, -0.05) is 12.1 Å². The van der Waals surface area contributed by atoms with E-state index in [2.05, 4.69) is 15.5 Å². The highest BCUT2D eigenvalue weighted by Crippen LogP contribution is 2.35. The monoisotopic (exact) mass is 308 g/mol. The molecule has 0 aliphatic carbocycles. The summed E-state index contributed by atoms with van der Waals surface area (Å²) in [5, 5.41) is 10.5. The summed E-state index contributed by atoms with van der Waals surface area (Å²) < 4.78 is 5.69. The number of benzene rings is 1. The number of para-hydroxylation sites is 1. The fourth-order valence-electron chi connectivity index (χ4n) is 2.90. The number of carbonyl (C=O) groups excluding carboxylic acids is 1. The van der Waals surface area contributed by atoms with Gasteiger partial charge in [-0.25, -0.2) is 0 Å². The second-order valence-corrected chi connectivity index (χ2v) is 5.62. The van der Waals surface area contributed by atoms with Gasteiger partial charge in [0.2, 0.25) is 0 Å². The fourth-order valence-corrected chi connectivity index (χ4v) is 2.90. The molecule has 1 aliphatic heterocycles. The highest BCUT2D eigenvalue weighted by Gasteiger charge is 2.32. The minimum Gasteiger partial charge on any atom is -0.460 e. The van der Waals surface area contributed by atoms with Crippen LogP contribution in [0.3, 0.4) is 0 Å². The van der Waals surface area contributed by atoms with E-state index in [0.29, 0.717) is 11.3 Å². The van der Waals surface area contributed by atoms with E-state index >= 15 is 0 Å². The number of aromatic nitrogens is 2. The number of rotatable bonds is 2. The van der Waals surface area contributed by atoms with E-state index in [1.165, 1.54) is 0 Å². The van der Waals surface area contributed by atoms with Crippen LogP contribution in [0.25, 0.3) is 11.5 Å². The molecule has 6 heteroatoms. The largest absolute Gasteiger partial charge is 0.460 e. The number of anilines is 1. The van der Waals surface area contributed by atoms with E-state index in [1.54, 1.807) is 18.1 Å². The van der Waals surface area contributed by atoms with Crippen molar-refractivity contribution in [2.45, 2.75) is 13.1 Å². The van der Waals surface area contributed by atoms with Gasteiger partial charge in [-0.05, 0) is 31.2 Å². The minimum atomic E-state index is -0.309. The smallest absolute Gasteiger partial charge is 0.257 e. The zero-order chi connectivity index (χ0) is 16.0. The lowest BCUT2D eigenvalue weighted by atomic mass is 10.0. The number of fused-ring (bicyclic) bond motifs is 1. The van der Waals surface area contributed by atoms with E-state index in [-0.39, 0.29) is 12.1 Å². The van der Waals surface area contributed by atoms with Crippen molar-refractivity contribution in [2.24, 2.45) is 0 Å². The second-order valence-electron chi connectivity index (χ2n) is 5.62. The molecule has 1 amide bonds. The van der Waals surface area contributed by atoms with Gasteiger partial charge in [-0.15, -0.1) is 0 Å². The maximum atomic E-state index is 12.6. The number of H-pyrrole nitrogens is 1. The molecule has 2 N–H and O–H groups in total. The fraction of sp³-hybridized carbons (Fsp3) is 0.176. The van der Waals surface area contributed by atoms with Crippen LogP contribution in [0.5, 0.6) is 0 Å². The van der Waals surface area contributed by atoms with Crippen molar-refractivity contribution in [1.29, 1.82) is 0 Å². The van der Waals surface area contributed by atoms with Gasteiger partial charge in [0.15, 0.2) is 5.76 Å². The molecule has 0 saturated carbocycles. The van der Waals surface area contributed by atoms with Crippen molar-refractivity contribution in [3.63, 3.8) is 0 Å². The average Bonchev–Trinajstić information content (AvgIpc) is 3.19. The highest BCUT2D eigenvalue weighted by molar-refractivity contribution is 6.01. The van der Waals surface area contributed by atoms with Crippen LogP contribution < -0.4 is 5.32 Å². The van der Waals surface area contributed by atoms with Gasteiger partial charge in [0, 0.05) is 18.3 Å². The summed E-state index contributed by atoms with van der Waals surface area (Å²) in [6.45, 7) is 1.89. The number of hydrogen-bond acceptors (Lipinski definition) is 4. The molecule has 1 atom stereocenters. The summed E-state index contributed by atoms with van der Waals surface area (Å²) >= 11 is 0. The van der Waals surface area contributed by atoms with E-state index in [1.807, 2.05) is 43.3 Å². The van der Waals surface area contributed by atoms with E-state index in [0.717, 1.165) is 22.7 Å². The first-order valence-corrected chi connectivity index (χ1v) is 7.38. The number of aromatic amines is 1. The number of amides is 1. The van der Waals surface area contributed by atoms with Crippen molar-refractivity contribution < 1.29 is 9.21 Å². The van der Waals surface area contributed by atoms with Gasteiger partial charge in [0.05, 0.1) is 11.8 Å². The molecule has 0 radical (unpaired) electrons. The van der Waals surface area contributed by atoms with E-state index < -0.39 is 0 Å². The van der Waals surface area contributed by atoms with Crippen molar-refractivity contribution >= 4 is 11.6 Å². The third kappa shape index (κ3) is 2.11. The molecule has 3 heterocycles. The molecule has 6 nitrogen and oxygen atoms in total. The predicted octanol–water partition coefficient (Wildman–Crippen LogP) is 3.17. The van der Waals surface area contributed by atoms with Gasteiger partial charge >= 0.3 is 0 Å². The molecule has 3 aromatic rings. The van der Waals surface area contributed by atoms with Crippen LogP contribution in [-0.4, -0.2) is 28.1 Å². The lowest BCUT2D eigenvalue weighted by Gasteiger charge is -2.35. The number of nitrogens with one attached hydrogen (secondary N) is 2. The molecule has 2 aromatic heterocycles. The first-order chi connectivity index (χ1) is 11.1.